The lowest BCUT2D eigenvalue weighted by molar-refractivity contribution is 0.414. The number of ether oxygens (including phenoxy) is 1. The summed E-state index contributed by atoms with van der Waals surface area (Å²) in [6.07, 6.45) is 0. The van der Waals surface area contributed by atoms with Crippen molar-refractivity contribution in [3.05, 3.63) is 29.8 Å². The maximum atomic E-state index is 5.11. The van der Waals surface area contributed by atoms with Gasteiger partial charge in [0.2, 0.25) is 0 Å². The van der Waals surface area contributed by atoms with Crippen molar-refractivity contribution in [3.8, 4) is 5.75 Å². The molecule has 0 fully saturated rings. The second kappa shape index (κ2) is 6.18. The number of hydrogen-bond acceptors (Lipinski definition) is 4. The van der Waals surface area contributed by atoms with Crippen molar-refractivity contribution >= 4 is 21.9 Å². The molecule has 0 amide bonds. The molecule has 0 heterocycles. The van der Waals surface area contributed by atoms with Gasteiger partial charge in [0.15, 0.2) is 0 Å². The summed E-state index contributed by atoms with van der Waals surface area (Å²) in [5.74, 6) is 1.83. The highest BCUT2D eigenvalue weighted by Gasteiger charge is 1.96. The molecule has 1 aromatic carbocycles. The first kappa shape index (κ1) is 10.8. The third-order valence-electron chi connectivity index (χ3n) is 1.48. The standard InChI is InChI=1S/C9H12O2S2/c1-10-9-5-3-4-8(6-9)7-12-13-11-2/h3-6H,7H2,1-2H3. The van der Waals surface area contributed by atoms with Gasteiger partial charge in [-0.1, -0.05) is 22.9 Å². The van der Waals surface area contributed by atoms with Gasteiger partial charge in [0, 0.05) is 5.75 Å². The third kappa shape index (κ3) is 3.93. The Kier molecular flexibility index (Phi) is 5.12. The Morgan fingerprint density at radius 1 is 1.31 bits per heavy atom. The van der Waals surface area contributed by atoms with Gasteiger partial charge in [0.25, 0.3) is 0 Å². The maximum absolute atomic E-state index is 5.11. The van der Waals surface area contributed by atoms with E-state index in [4.69, 9.17) is 8.92 Å². The van der Waals surface area contributed by atoms with Gasteiger partial charge in [-0.25, -0.2) is 0 Å². The van der Waals surface area contributed by atoms with E-state index in [-0.39, 0.29) is 0 Å². The molecular formula is C9H12O2S2. The Balaban J connectivity index is 2.46. The first-order chi connectivity index (χ1) is 6.36. The summed E-state index contributed by atoms with van der Waals surface area (Å²) in [5, 5.41) is 0. The van der Waals surface area contributed by atoms with E-state index in [1.54, 1.807) is 25.0 Å². The number of benzene rings is 1. The van der Waals surface area contributed by atoms with Gasteiger partial charge in [-0.2, -0.15) is 0 Å². The van der Waals surface area contributed by atoms with Crippen molar-refractivity contribution in [2.45, 2.75) is 5.75 Å². The lowest BCUT2D eigenvalue weighted by Crippen LogP contribution is -1.84. The lowest BCUT2D eigenvalue weighted by Gasteiger charge is -2.02. The SMILES string of the molecule is COSSCc1cccc(OC)c1. The van der Waals surface area contributed by atoms with Crippen molar-refractivity contribution in [3.63, 3.8) is 0 Å². The molecule has 0 spiro atoms. The highest BCUT2D eigenvalue weighted by atomic mass is 33.1. The van der Waals surface area contributed by atoms with Gasteiger partial charge in [-0.15, -0.1) is 0 Å². The Hall–Kier alpha value is -0.320. The fourth-order valence-electron chi connectivity index (χ4n) is 0.902. The van der Waals surface area contributed by atoms with E-state index < -0.39 is 0 Å². The zero-order chi connectivity index (χ0) is 9.52. The van der Waals surface area contributed by atoms with Crippen molar-refractivity contribution < 1.29 is 8.92 Å². The fourth-order valence-corrected chi connectivity index (χ4v) is 2.20. The van der Waals surface area contributed by atoms with Crippen LogP contribution in [0.1, 0.15) is 5.56 Å². The summed E-state index contributed by atoms with van der Waals surface area (Å²) in [6, 6.07) is 8.04. The quantitative estimate of drug-likeness (QED) is 0.427. The van der Waals surface area contributed by atoms with Crippen molar-refractivity contribution in [1.29, 1.82) is 0 Å². The van der Waals surface area contributed by atoms with Crippen LogP contribution >= 0.6 is 21.9 Å². The van der Waals surface area contributed by atoms with Crippen molar-refractivity contribution in [1.82, 2.24) is 0 Å². The van der Waals surface area contributed by atoms with Crippen LogP contribution in [-0.2, 0) is 9.94 Å². The van der Waals surface area contributed by atoms with Gasteiger partial charge in [-0.05, 0) is 17.7 Å². The predicted octanol–water partition coefficient (Wildman–Crippen LogP) is 3.14. The monoisotopic (exact) mass is 216 g/mol. The molecule has 0 aliphatic heterocycles. The first-order valence-electron chi connectivity index (χ1n) is 3.82. The Morgan fingerprint density at radius 3 is 2.85 bits per heavy atom. The van der Waals surface area contributed by atoms with Crippen LogP contribution in [0.25, 0.3) is 0 Å². The fraction of sp³-hybridized carbons (Fsp3) is 0.333. The molecule has 4 heteroatoms. The smallest absolute Gasteiger partial charge is 0.119 e. The van der Waals surface area contributed by atoms with Crippen LogP contribution in [0, 0.1) is 0 Å². The average molecular weight is 216 g/mol. The molecule has 2 nitrogen and oxygen atoms in total. The largest absolute Gasteiger partial charge is 0.497 e. The summed E-state index contributed by atoms with van der Waals surface area (Å²) < 4.78 is 9.98. The Morgan fingerprint density at radius 2 is 2.15 bits per heavy atom. The molecule has 0 saturated carbocycles. The highest BCUT2D eigenvalue weighted by molar-refractivity contribution is 8.74. The minimum Gasteiger partial charge on any atom is -0.497 e. The molecule has 1 aromatic rings. The first-order valence-corrected chi connectivity index (χ1v) is 6.06. The van der Waals surface area contributed by atoms with Crippen LogP contribution in [0.4, 0.5) is 0 Å². The molecule has 0 unspecified atom stereocenters. The molecule has 0 aliphatic rings. The van der Waals surface area contributed by atoms with Gasteiger partial charge in [0.05, 0.1) is 25.3 Å². The molecular weight excluding hydrogens is 204 g/mol. The summed E-state index contributed by atoms with van der Waals surface area (Å²) in [4.78, 5) is 0. The normalized spacial score (nSPS) is 10.0. The van der Waals surface area contributed by atoms with Crippen molar-refractivity contribution in [2.24, 2.45) is 0 Å². The number of hydrogen-bond donors (Lipinski definition) is 0. The zero-order valence-corrected chi connectivity index (χ0v) is 9.28. The second-order valence-electron chi connectivity index (χ2n) is 2.35. The number of methoxy groups -OCH3 is 1. The third-order valence-corrected chi connectivity index (χ3v) is 3.21. The van der Waals surface area contributed by atoms with E-state index in [1.165, 1.54) is 16.6 Å². The molecule has 0 N–H and O–H groups in total. The Bertz CT molecular complexity index is 253. The molecule has 0 atom stereocenters. The average Bonchev–Trinajstić information content (AvgIpc) is 2.19. The summed E-state index contributed by atoms with van der Waals surface area (Å²) in [5.41, 5.74) is 1.24. The van der Waals surface area contributed by atoms with E-state index in [0.717, 1.165) is 11.5 Å². The van der Waals surface area contributed by atoms with Crippen LogP contribution in [-0.4, -0.2) is 14.2 Å². The predicted molar refractivity (Wildman–Crippen MR) is 58.9 cm³/mol. The molecule has 0 saturated heterocycles. The van der Waals surface area contributed by atoms with Gasteiger partial charge in [0.1, 0.15) is 5.75 Å². The van der Waals surface area contributed by atoms with Crippen LogP contribution in [0.15, 0.2) is 24.3 Å². The summed E-state index contributed by atoms with van der Waals surface area (Å²) in [6.45, 7) is 0. The van der Waals surface area contributed by atoms with E-state index in [9.17, 15) is 0 Å². The molecule has 0 aromatic heterocycles. The summed E-state index contributed by atoms with van der Waals surface area (Å²) in [7, 11) is 5.01. The van der Waals surface area contributed by atoms with E-state index in [1.807, 2.05) is 18.2 Å². The highest BCUT2D eigenvalue weighted by Crippen LogP contribution is 2.26. The van der Waals surface area contributed by atoms with Gasteiger partial charge in [-0.3, -0.25) is 0 Å². The van der Waals surface area contributed by atoms with E-state index in [2.05, 4.69) is 6.07 Å². The minimum atomic E-state index is 0.903. The molecule has 13 heavy (non-hydrogen) atoms. The molecule has 0 radical (unpaired) electrons. The summed E-state index contributed by atoms with van der Waals surface area (Å²) >= 11 is 1.39. The zero-order valence-electron chi connectivity index (χ0n) is 7.65. The van der Waals surface area contributed by atoms with Crippen LogP contribution in [0.3, 0.4) is 0 Å². The Labute approximate surface area is 86.6 Å². The van der Waals surface area contributed by atoms with Gasteiger partial charge < -0.3 is 8.92 Å². The number of rotatable bonds is 5. The maximum Gasteiger partial charge on any atom is 0.119 e. The minimum absolute atomic E-state index is 0.903. The van der Waals surface area contributed by atoms with Crippen molar-refractivity contribution in [2.75, 3.05) is 14.2 Å². The van der Waals surface area contributed by atoms with Crippen LogP contribution in [0.2, 0.25) is 0 Å². The lowest BCUT2D eigenvalue weighted by atomic mass is 10.2. The van der Waals surface area contributed by atoms with E-state index in [0.29, 0.717) is 0 Å². The van der Waals surface area contributed by atoms with Crippen LogP contribution in [0.5, 0.6) is 5.75 Å². The molecule has 0 bridgehead atoms. The van der Waals surface area contributed by atoms with Gasteiger partial charge >= 0.3 is 0 Å². The molecule has 0 aliphatic carbocycles. The second-order valence-corrected chi connectivity index (χ2v) is 4.46. The van der Waals surface area contributed by atoms with Crippen LogP contribution < -0.4 is 4.74 Å². The molecule has 72 valence electrons. The topological polar surface area (TPSA) is 18.5 Å². The molecule has 1 rings (SSSR count). The van der Waals surface area contributed by atoms with E-state index >= 15 is 0 Å².